The quantitative estimate of drug-likeness (QED) is 0.643. The molecule has 0 saturated carbocycles. The minimum absolute atomic E-state index is 0.235. The summed E-state index contributed by atoms with van der Waals surface area (Å²) in [6.07, 6.45) is 0.845. The standard InChI is InChI=1S/C19H19Cl2NO5/c1-3-9-26-15-8-7-12(10-16(15)25-2)19(24)27-11-17(23)22-18-13(20)5-4-6-14(18)21/h4-8,10H,3,9,11H2,1-2H3,(H,22,23). The topological polar surface area (TPSA) is 73.9 Å². The fourth-order valence-electron chi connectivity index (χ4n) is 2.13. The zero-order valence-electron chi connectivity index (χ0n) is 14.9. The van der Waals surface area contributed by atoms with Gasteiger partial charge in [-0.3, -0.25) is 4.79 Å². The van der Waals surface area contributed by atoms with E-state index in [9.17, 15) is 9.59 Å². The number of carbonyl (C=O) groups excluding carboxylic acids is 2. The maximum Gasteiger partial charge on any atom is 0.338 e. The number of esters is 1. The van der Waals surface area contributed by atoms with E-state index in [1.54, 1.807) is 30.3 Å². The van der Waals surface area contributed by atoms with E-state index in [1.807, 2.05) is 6.92 Å². The van der Waals surface area contributed by atoms with Gasteiger partial charge in [0.15, 0.2) is 18.1 Å². The van der Waals surface area contributed by atoms with E-state index in [1.165, 1.54) is 13.2 Å². The first kappa shape index (κ1) is 20.9. The number of para-hydroxylation sites is 1. The van der Waals surface area contributed by atoms with E-state index in [2.05, 4.69) is 5.32 Å². The van der Waals surface area contributed by atoms with Crippen molar-refractivity contribution in [1.82, 2.24) is 0 Å². The average molecular weight is 412 g/mol. The van der Waals surface area contributed by atoms with E-state index in [0.717, 1.165) is 6.42 Å². The van der Waals surface area contributed by atoms with Gasteiger partial charge in [0, 0.05) is 0 Å². The summed E-state index contributed by atoms with van der Waals surface area (Å²) in [4.78, 5) is 24.2. The second kappa shape index (κ2) is 10.0. The third-order valence-corrected chi connectivity index (χ3v) is 4.05. The van der Waals surface area contributed by atoms with E-state index >= 15 is 0 Å². The van der Waals surface area contributed by atoms with Crippen LogP contribution in [-0.4, -0.2) is 32.2 Å². The lowest BCUT2D eigenvalue weighted by atomic mass is 10.2. The number of methoxy groups -OCH3 is 1. The van der Waals surface area contributed by atoms with Gasteiger partial charge in [0.25, 0.3) is 5.91 Å². The third kappa shape index (κ3) is 5.77. The summed E-state index contributed by atoms with van der Waals surface area (Å²) in [5.74, 6) is -0.295. The molecule has 0 atom stereocenters. The number of amides is 1. The van der Waals surface area contributed by atoms with Crippen LogP contribution in [0, 0.1) is 0 Å². The Kier molecular flexibility index (Phi) is 7.76. The Bertz CT molecular complexity index is 805. The molecule has 2 rings (SSSR count). The molecule has 0 fully saturated rings. The van der Waals surface area contributed by atoms with Crippen LogP contribution in [0.3, 0.4) is 0 Å². The van der Waals surface area contributed by atoms with Crippen molar-refractivity contribution in [2.24, 2.45) is 0 Å². The first-order valence-electron chi connectivity index (χ1n) is 8.18. The normalized spacial score (nSPS) is 10.2. The zero-order chi connectivity index (χ0) is 19.8. The lowest BCUT2D eigenvalue weighted by Gasteiger charge is -2.12. The predicted octanol–water partition coefficient (Wildman–Crippen LogP) is 4.59. The molecule has 2 aromatic carbocycles. The molecule has 8 heteroatoms. The first-order chi connectivity index (χ1) is 13.0. The molecule has 1 amide bonds. The molecule has 6 nitrogen and oxygen atoms in total. The number of hydrogen-bond donors (Lipinski definition) is 1. The molecule has 1 N–H and O–H groups in total. The molecule has 0 heterocycles. The molecule has 0 bridgehead atoms. The van der Waals surface area contributed by atoms with Gasteiger partial charge in [-0.2, -0.15) is 0 Å². The Hall–Kier alpha value is -2.44. The number of ether oxygens (including phenoxy) is 3. The lowest BCUT2D eigenvalue weighted by molar-refractivity contribution is -0.119. The highest BCUT2D eigenvalue weighted by Crippen LogP contribution is 2.30. The van der Waals surface area contributed by atoms with Crippen LogP contribution < -0.4 is 14.8 Å². The van der Waals surface area contributed by atoms with Crippen molar-refractivity contribution >= 4 is 40.8 Å². The third-order valence-electron chi connectivity index (χ3n) is 3.42. The summed E-state index contributed by atoms with van der Waals surface area (Å²) in [5, 5.41) is 3.09. The largest absolute Gasteiger partial charge is 0.493 e. The second-order valence-electron chi connectivity index (χ2n) is 5.44. The number of nitrogens with one attached hydrogen (secondary N) is 1. The molecule has 0 saturated heterocycles. The van der Waals surface area contributed by atoms with Gasteiger partial charge in [-0.25, -0.2) is 4.79 Å². The van der Waals surface area contributed by atoms with Crippen LogP contribution in [0.5, 0.6) is 11.5 Å². The van der Waals surface area contributed by atoms with Gasteiger partial charge in [-0.15, -0.1) is 0 Å². The van der Waals surface area contributed by atoms with Crippen LogP contribution in [0.25, 0.3) is 0 Å². The van der Waals surface area contributed by atoms with Gasteiger partial charge in [0.1, 0.15) is 0 Å². The Labute approximate surface area is 167 Å². The van der Waals surface area contributed by atoms with E-state index in [-0.39, 0.29) is 21.3 Å². The maximum atomic E-state index is 12.2. The van der Waals surface area contributed by atoms with Crippen LogP contribution in [-0.2, 0) is 9.53 Å². The summed E-state index contributed by atoms with van der Waals surface area (Å²) >= 11 is 12.0. The van der Waals surface area contributed by atoms with Gasteiger partial charge in [-0.1, -0.05) is 36.2 Å². The molecule has 0 spiro atoms. The van der Waals surface area contributed by atoms with E-state index in [4.69, 9.17) is 37.4 Å². The molecular weight excluding hydrogens is 393 g/mol. The summed E-state index contributed by atoms with van der Waals surface area (Å²) in [5.41, 5.74) is 0.500. The van der Waals surface area contributed by atoms with Crippen molar-refractivity contribution in [1.29, 1.82) is 0 Å². The van der Waals surface area contributed by atoms with Crippen molar-refractivity contribution in [3.05, 3.63) is 52.0 Å². The number of rotatable bonds is 8. The zero-order valence-corrected chi connectivity index (χ0v) is 16.4. The number of halogens is 2. The highest BCUT2D eigenvalue weighted by atomic mass is 35.5. The summed E-state index contributed by atoms with van der Waals surface area (Å²) < 4.78 is 15.8. The summed E-state index contributed by atoms with van der Waals surface area (Å²) in [6.45, 7) is 2.03. The minimum atomic E-state index is -0.671. The molecule has 27 heavy (non-hydrogen) atoms. The van der Waals surface area contributed by atoms with Crippen LogP contribution in [0.15, 0.2) is 36.4 Å². The van der Waals surface area contributed by atoms with Crippen LogP contribution >= 0.6 is 23.2 Å². The molecular formula is C19H19Cl2NO5. The molecule has 0 aliphatic carbocycles. The van der Waals surface area contributed by atoms with Crippen molar-refractivity contribution in [2.45, 2.75) is 13.3 Å². The molecule has 2 aromatic rings. The van der Waals surface area contributed by atoms with Crippen LogP contribution in [0.4, 0.5) is 5.69 Å². The van der Waals surface area contributed by atoms with E-state index < -0.39 is 18.5 Å². The smallest absolute Gasteiger partial charge is 0.338 e. The van der Waals surface area contributed by atoms with Crippen LogP contribution in [0.2, 0.25) is 10.0 Å². The summed E-state index contributed by atoms with van der Waals surface area (Å²) in [7, 11) is 1.48. The average Bonchev–Trinajstić information content (AvgIpc) is 2.67. The Morgan fingerprint density at radius 2 is 1.78 bits per heavy atom. The lowest BCUT2D eigenvalue weighted by Crippen LogP contribution is -2.21. The molecule has 0 unspecified atom stereocenters. The monoisotopic (exact) mass is 411 g/mol. The number of carbonyl (C=O) groups is 2. The Balaban J connectivity index is 1.97. The minimum Gasteiger partial charge on any atom is -0.493 e. The van der Waals surface area contributed by atoms with Gasteiger partial charge >= 0.3 is 5.97 Å². The van der Waals surface area contributed by atoms with Crippen molar-refractivity contribution < 1.29 is 23.8 Å². The number of hydrogen-bond acceptors (Lipinski definition) is 5. The predicted molar refractivity (Wildman–Crippen MR) is 104 cm³/mol. The molecule has 0 aliphatic heterocycles. The maximum absolute atomic E-state index is 12.2. The molecule has 144 valence electrons. The van der Waals surface area contributed by atoms with Gasteiger partial charge in [0.2, 0.25) is 0 Å². The Morgan fingerprint density at radius 3 is 2.41 bits per heavy atom. The van der Waals surface area contributed by atoms with E-state index in [0.29, 0.717) is 18.1 Å². The van der Waals surface area contributed by atoms with Crippen molar-refractivity contribution in [3.63, 3.8) is 0 Å². The van der Waals surface area contributed by atoms with Crippen molar-refractivity contribution in [3.8, 4) is 11.5 Å². The van der Waals surface area contributed by atoms with Crippen LogP contribution in [0.1, 0.15) is 23.7 Å². The number of anilines is 1. The SMILES string of the molecule is CCCOc1ccc(C(=O)OCC(=O)Nc2c(Cl)cccc2Cl)cc1OC. The second-order valence-corrected chi connectivity index (χ2v) is 6.25. The molecule has 0 aliphatic rings. The molecule has 0 radical (unpaired) electrons. The first-order valence-corrected chi connectivity index (χ1v) is 8.93. The Morgan fingerprint density at radius 1 is 1.07 bits per heavy atom. The number of benzene rings is 2. The fraction of sp³-hybridized carbons (Fsp3) is 0.263. The van der Waals surface area contributed by atoms with Crippen molar-refractivity contribution in [2.75, 3.05) is 25.6 Å². The summed E-state index contributed by atoms with van der Waals surface area (Å²) in [6, 6.07) is 9.48. The fourth-order valence-corrected chi connectivity index (χ4v) is 2.62. The van der Waals surface area contributed by atoms with Gasteiger partial charge in [0.05, 0.1) is 35.0 Å². The molecule has 0 aromatic heterocycles. The highest BCUT2D eigenvalue weighted by Gasteiger charge is 2.15. The highest BCUT2D eigenvalue weighted by molar-refractivity contribution is 6.39. The van der Waals surface area contributed by atoms with Gasteiger partial charge in [-0.05, 0) is 36.8 Å². The van der Waals surface area contributed by atoms with Gasteiger partial charge < -0.3 is 19.5 Å².